The van der Waals surface area contributed by atoms with Gasteiger partial charge in [0.05, 0.1) is 0 Å². The molecule has 0 aliphatic rings. The third-order valence-corrected chi connectivity index (χ3v) is 3.33. The van der Waals surface area contributed by atoms with Crippen molar-refractivity contribution in [2.75, 3.05) is 0 Å². The summed E-state index contributed by atoms with van der Waals surface area (Å²) >= 11 is 1.44. The van der Waals surface area contributed by atoms with Crippen molar-refractivity contribution >= 4 is 11.3 Å². The highest BCUT2D eigenvalue weighted by Gasteiger charge is 2.17. The average molecular weight is 240 g/mol. The van der Waals surface area contributed by atoms with Crippen LogP contribution in [-0.4, -0.2) is 5.11 Å². The van der Waals surface area contributed by atoms with Crippen LogP contribution in [0.1, 0.15) is 22.8 Å². The zero-order valence-electron chi connectivity index (χ0n) is 8.58. The van der Waals surface area contributed by atoms with Gasteiger partial charge in [0.2, 0.25) is 0 Å². The van der Waals surface area contributed by atoms with Crippen LogP contribution in [0.4, 0.5) is 8.78 Å². The quantitative estimate of drug-likeness (QED) is 0.852. The van der Waals surface area contributed by atoms with Crippen molar-refractivity contribution in [2.45, 2.75) is 13.0 Å². The maximum atomic E-state index is 13.4. The molecule has 0 saturated heterocycles. The van der Waals surface area contributed by atoms with E-state index in [1.54, 1.807) is 5.38 Å². The number of aryl methyl sites for hydroxylation is 1. The van der Waals surface area contributed by atoms with Crippen molar-refractivity contribution in [1.82, 2.24) is 0 Å². The third kappa shape index (κ3) is 1.99. The molecule has 1 unspecified atom stereocenters. The molecule has 1 N–H and O–H groups in total. The highest BCUT2D eigenvalue weighted by molar-refractivity contribution is 7.08. The summed E-state index contributed by atoms with van der Waals surface area (Å²) in [5, 5.41) is 13.6. The predicted octanol–water partition coefficient (Wildman–Crippen LogP) is 3.42. The van der Waals surface area contributed by atoms with Gasteiger partial charge in [-0.05, 0) is 34.9 Å². The van der Waals surface area contributed by atoms with Gasteiger partial charge < -0.3 is 5.11 Å². The van der Waals surface area contributed by atoms with Crippen LogP contribution in [0.2, 0.25) is 0 Å². The lowest BCUT2D eigenvalue weighted by Gasteiger charge is -2.11. The van der Waals surface area contributed by atoms with Crippen LogP contribution in [0.25, 0.3) is 0 Å². The minimum Gasteiger partial charge on any atom is -0.384 e. The summed E-state index contributed by atoms with van der Waals surface area (Å²) < 4.78 is 26.1. The monoisotopic (exact) mass is 240 g/mol. The van der Waals surface area contributed by atoms with Crippen molar-refractivity contribution < 1.29 is 13.9 Å². The molecule has 0 aliphatic carbocycles. The Bertz CT molecular complexity index is 507. The highest BCUT2D eigenvalue weighted by Crippen LogP contribution is 2.29. The van der Waals surface area contributed by atoms with Crippen LogP contribution in [-0.2, 0) is 0 Å². The van der Waals surface area contributed by atoms with Gasteiger partial charge in [-0.3, -0.25) is 0 Å². The maximum Gasteiger partial charge on any atom is 0.132 e. The Morgan fingerprint density at radius 3 is 2.50 bits per heavy atom. The molecule has 84 valence electrons. The van der Waals surface area contributed by atoms with Crippen molar-refractivity contribution in [1.29, 1.82) is 0 Å². The van der Waals surface area contributed by atoms with Gasteiger partial charge in [-0.2, -0.15) is 11.3 Å². The molecule has 0 aliphatic heterocycles. The zero-order chi connectivity index (χ0) is 11.7. The lowest BCUT2D eigenvalue weighted by molar-refractivity contribution is 0.214. The van der Waals surface area contributed by atoms with Gasteiger partial charge in [0.15, 0.2) is 0 Å². The van der Waals surface area contributed by atoms with Gasteiger partial charge in [-0.1, -0.05) is 6.07 Å². The standard InChI is InChI=1S/C12H10F2OS/c1-7-5-16-6-10(7)12(15)9-3-2-8(13)4-11(9)14/h2-6,12,15H,1H3. The summed E-state index contributed by atoms with van der Waals surface area (Å²) in [5.74, 6) is -1.37. The maximum absolute atomic E-state index is 13.4. The summed E-state index contributed by atoms with van der Waals surface area (Å²) in [6.07, 6.45) is -1.04. The number of aliphatic hydroxyl groups is 1. The Balaban J connectivity index is 2.41. The van der Waals surface area contributed by atoms with Gasteiger partial charge in [0.25, 0.3) is 0 Å². The first-order valence-corrected chi connectivity index (χ1v) is 5.69. The van der Waals surface area contributed by atoms with Gasteiger partial charge >= 0.3 is 0 Å². The number of hydrogen-bond donors (Lipinski definition) is 1. The van der Waals surface area contributed by atoms with Gasteiger partial charge in [0.1, 0.15) is 17.7 Å². The summed E-state index contributed by atoms with van der Waals surface area (Å²) in [5.41, 5.74) is 1.67. The van der Waals surface area contributed by atoms with Crippen LogP contribution >= 0.6 is 11.3 Å². The average Bonchev–Trinajstić information content (AvgIpc) is 2.63. The van der Waals surface area contributed by atoms with E-state index >= 15 is 0 Å². The molecule has 2 aromatic rings. The van der Waals surface area contributed by atoms with Gasteiger partial charge in [-0.15, -0.1) is 0 Å². The highest BCUT2D eigenvalue weighted by atomic mass is 32.1. The molecule has 1 nitrogen and oxygen atoms in total. The van der Waals surface area contributed by atoms with Crippen LogP contribution in [0.5, 0.6) is 0 Å². The van der Waals surface area contributed by atoms with E-state index in [9.17, 15) is 13.9 Å². The number of benzene rings is 1. The molecule has 0 amide bonds. The van der Waals surface area contributed by atoms with E-state index in [1.807, 2.05) is 12.3 Å². The zero-order valence-corrected chi connectivity index (χ0v) is 9.39. The Hall–Kier alpha value is -1.26. The minimum atomic E-state index is -1.04. The van der Waals surface area contributed by atoms with Gasteiger partial charge in [0, 0.05) is 11.6 Å². The van der Waals surface area contributed by atoms with Crippen LogP contribution in [0.3, 0.4) is 0 Å². The Kier molecular flexibility index (Phi) is 3.03. The second kappa shape index (κ2) is 4.31. The molecule has 0 radical (unpaired) electrons. The summed E-state index contributed by atoms with van der Waals surface area (Å²) in [7, 11) is 0. The number of rotatable bonds is 2. The number of aliphatic hydroxyl groups excluding tert-OH is 1. The normalized spacial score (nSPS) is 12.8. The summed E-state index contributed by atoms with van der Waals surface area (Å²) in [6.45, 7) is 1.84. The summed E-state index contributed by atoms with van der Waals surface area (Å²) in [4.78, 5) is 0. The van der Waals surface area contributed by atoms with E-state index in [-0.39, 0.29) is 5.56 Å². The second-order valence-corrected chi connectivity index (χ2v) is 4.32. The molecule has 0 spiro atoms. The number of hydrogen-bond acceptors (Lipinski definition) is 2. The molecule has 2 rings (SSSR count). The van der Waals surface area contributed by atoms with Crippen molar-refractivity contribution in [3.63, 3.8) is 0 Å². The van der Waals surface area contributed by atoms with E-state index in [1.165, 1.54) is 17.4 Å². The smallest absolute Gasteiger partial charge is 0.132 e. The van der Waals surface area contributed by atoms with Crippen LogP contribution < -0.4 is 0 Å². The molecule has 1 aromatic carbocycles. The Morgan fingerprint density at radius 2 is 1.94 bits per heavy atom. The van der Waals surface area contributed by atoms with Crippen molar-refractivity contribution in [3.05, 3.63) is 57.3 Å². The van der Waals surface area contributed by atoms with E-state index < -0.39 is 17.7 Å². The molecular weight excluding hydrogens is 230 g/mol. The number of halogens is 2. The molecule has 0 saturated carbocycles. The van der Waals surface area contributed by atoms with Crippen LogP contribution in [0.15, 0.2) is 29.0 Å². The molecule has 0 fully saturated rings. The molecular formula is C12H10F2OS. The van der Waals surface area contributed by atoms with E-state index in [0.717, 1.165) is 17.7 Å². The largest absolute Gasteiger partial charge is 0.384 e. The van der Waals surface area contributed by atoms with E-state index in [0.29, 0.717) is 5.56 Å². The molecule has 1 aromatic heterocycles. The molecule has 0 bridgehead atoms. The van der Waals surface area contributed by atoms with E-state index in [4.69, 9.17) is 0 Å². The van der Waals surface area contributed by atoms with Gasteiger partial charge in [-0.25, -0.2) is 8.78 Å². The fourth-order valence-corrected chi connectivity index (χ4v) is 2.41. The topological polar surface area (TPSA) is 20.2 Å². The molecule has 1 heterocycles. The number of thiophene rings is 1. The first-order valence-electron chi connectivity index (χ1n) is 4.75. The molecule has 4 heteroatoms. The first kappa shape index (κ1) is 11.2. The van der Waals surface area contributed by atoms with Crippen molar-refractivity contribution in [3.8, 4) is 0 Å². The lowest BCUT2D eigenvalue weighted by atomic mass is 10.0. The Labute approximate surface area is 96.0 Å². The Morgan fingerprint density at radius 1 is 1.19 bits per heavy atom. The lowest BCUT2D eigenvalue weighted by Crippen LogP contribution is -2.03. The second-order valence-electron chi connectivity index (χ2n) is 3.58. The molecule has 16 heavy (non-hydrogen) atoms. The predicted molar refractivity (Wildman–Crippen MR) is 59.5 cm³/mol. The fraction of sp³-hybridized carbons (Fsp3) is 0.167. The third-order valence-electron chi connectivity index (χ3n) is 2.45. The van der Waals surface area contributed by atoms with Crippen LogP contribution in [0, 0.1) is 18.6 Å². The summed E-state index contributed by atoms with van der Waals surface area (Å²) in [6, 6.07) is 3.19. The SMILES string of the molecule is Cc1cscc1C(O)c1ccc(F)cc1F. The van der Waals surface area contributed by atoms with E-state index in [2.05, 4.69) is 0 Å². The fourth-order valence-electron chi connectivity index (χ4n) is 1.54. The first-order chi connectivity index (χ1) is 7.59. The molecule has 1 atom stereocenters. The van der Waals surface area contributed by atoms with Crippen molar-refractivity contribution in [2.24, 2.45) is 0 Å². The minimum absolute atomic E-state index is 0.0999.